The molecule has 146 valence electrons. The van der Waals surface area contributed by atoms with Gasteiger partial charge in [-0.1, -0.05) is 0 Å². The SMILES string of the molecule is COc1cc2c(cc1OC)C(=O)N(CCCN(C)CCc1cn(C)cn1)C2. The summed E-state index contributed by atoms with van der Waals surface area (Å²) in [5.41, 5.74) is 2.83. The number of aryl methyl sites for hydroxylation is 1. The number of ether oxygens (including phenoxy) is 2. The molecule has 3 rings (SSSR count). The Morgan fingerprint density at radius 1 is 1.19 bits per heavy atom. The van der Waals surface area contributed by atoms with E-state index in [9.17, 15) is 4.79 Å². The highest BCUT2D eigenvalue weighted by atomic mass is 16.5. The summed E-state index contributed by atoms with van der Waals surface area (Å²) < 4.78 is 12.6. The number of fused-ring (bicyclic) bond motifs is 1. The fraction of sp³-hybridized carbons (Fsp3) is 0.500. The van der Waals surface area contributed by atoms with Gasteiger partial charge in [0.1, 0.15) is 0 Å². The van der Waals surface area contributed by atoms with Crippen LogP contribution in [-0.2, 0) is 20.0 Å². The Morgan fingerprint density at radius 3 is 2.59 bits per heavy atom. The maximum atomic E-state index is 12.7. The molecule has 1 amide bonds. The Kier molecular flexibility index (Phi) is 6.01. The predicted octanol–water partition coefficient (Wildman–Crippen LogP) is 1.96. The van der Waals surface area contributed by atoms with Crippen molar-refractivity contribution in [1.29, 1.82) is 0 Å². The van der Waals surface area contributed by atoms with Crippen LogP contribution in [0.25, 0.3) is 0 Å². The van der Waals surface area contributed by atoms with Crippen molar-refractivity contribution < 1.29 is 14.3 Å². The van der Waals surface area contributed by atoms with E-state index in [0.29, 0.717) is 18.0 Å². The summed E-state index contributed by atoms with van der Waals surface area (Å²) in [5, 5.41) is 0. The maximum absolute atomic E-state index is 12.7. The lowest BCUT2D eigenvalue weighted by atomic mass is 10.1. The number of benzene rings is 1. The van der Waals surface area contributed by atoms with Crippen molar-refractivity contribution in [2.75, 3.05) is 40.9 Å². The predicted molar refractivity (Wildman–Crippen MR) is 103 cm³/mol. The number of imidazole rings is 1. The number of rotatable bonds is 9. The van der Waals surface area contributed by atoms with Crippen molar-refractivity contribution in [3.05, 3.63) is 41.5 Å². The minimum atomic E-state index is 0.0714. The molecule has 1 aliphatic rings. The van der Waals surface area contributed by atoms with Gasteiger partial charge in [-0.3, -0.25) is 4.79 Å². The van der Waals surface area contributed by atoms with Crippen molar-refractivity contribution in [2.45, 2.75) is 19.4 Å². The van der Waals surface area contributed by atoms with Crippen LogP contribution in [-0.4, -0.2) is 66.2 Å². The van der Waals surface area contributed by atoms with Gasteiger partial charge >= 0.3 is 0 Å². The highest BCUT2D eigenvalue weighted by Crippen LogP contribution is 2.34. The summed E-state index contributed by atoms with van der Waals surface area (Å²) in [6.45, 7) is 3.28. The quantitative estimate of drug-likeness (QED) is 0.673. The number of carbonyl (C=O) groups excluding carboxylic acids is 1. The minimum Gasteiger partial charge on any atom is -0.493 e. The molecule has 7 heteroatoms. The largest absolute Gasteiger partial charge is 0.493 e. The molecule has 0 bridgehead atoms. The van der Waals surface area contributed by atoms with Gasteiger partial charge in [-0.05, 0) is 37.7 Å². The third-order valence-electron chi connectivity index (χ3n) is 4.96. The summed E-state index contributed by atoms with van der Waals surface area (Å²) in [6, 6.07) is 3.69. The van der Waals surface area contributed by atoms with Gasteiger partial charge in [0.05, 0.1) is 26.2 Å². The van der Waals surface area contributed by atoms with E-state index >= 15 is 0 Å². The summed E-state index contributed by atoms with van der Waals surface area (Å²) in [7, 11) is 7.29. The highest BCUT2D eigenvalue weighted by molar-refractivity contribution is 5.99. The molecule has 0 atom stereocenters. The third-order valence-corrected chi connectivity index (χ3v) is 4.96. The molecule has 0 spiro atoms. The topological polar surface area (TPSA) is 59.8 Å². The lowest BCUT2D eigenvalue weighted by Crippen LogP contribution is -2.29. The van der Waals surface area contributed by atoms with Gasteiger partial charge < -0.3 is 23.8 Å². The van der Waals surface area contributed by atoms with Crippen LogP contribution < -0.4 is 9.47 Å². The number of aromatic nitrogens is 2. The smallest absolute Gasteiger partial charge is 0.254 e. The van der Waals surface area contributed by atoms with Crippen LogP contribution in [0.3, 0.4) is 0 Å². The molecule has 0 saturated heterocycles. The molecule has 1 aliphatic heterocycles. The molecular weight excluding hydrogens is 344 g/mol. The summed E-state index contributed by atoms with van der Waals surface area (Å²) in [4.78, 5) is 21.2. The lowest BCUT2D eigenvalue weighted by Gasteiger charge is -2.19. The van der Waals surface area contributed by atoms with E-state index in [1.165, 1.54) is 0 Å². The summed E-state index contributed by atoms with van der Waals surface area (Å²) >= 11 is 0. The zero-order chi connectivity index (χ0) is 19.4. The number of carbonyl (C=O) groups is 1. The Hall–Kier alpha value is -2.54. The fourth-order valence-corrected chi connectivity index (χ4v) is 3.42. The average Bonchev–Trinajstić information content (AvgIpc) is 3.22. The number of likely N-dealkylation sites (N-methyl/N-ethyl adjacent to an activating group) is 1. The molecule has 0 N–H and O–H groups in total. The second kappa shape index (κ2) is 8.43. The molecule has 0 aliphatic carbocycles. The zero-order valence-corrected chi connectivity index (χ0v) is 16.6. The van der Waals surface area contributed by atoms with Crippen molar-refractivity contribution >= 4 is 5.91 Å². The monoisotopic (exact) mass is 372 g/mol. The maximum Gasteiger partial charge on any atom is 0.254 e. The normalized spacial score (nSPS) is 13.4. The molecule has 2 heterocycles. The zero-order valence-electron chi connectivity index (χ0n) is 16.6. The highest BCUT2D eigenvalue weighted by Gasteiger charge is 2.29. The first kappa shape index (κ1) is 19.2. The Morgan fingerprint density at radius 2 is 1.93 bits per heavy atom. The van der Waals surface area contributed by atoms with Gasteiger partial charge in [0, 0.05) is 44.9 Å². The van der Waals surface area contributed by atoms with E-state index < -0.39 is 0 Å². The van der Waals surface area contributed by atoms with Crippen LogP contribution in [0.1, 0.15) is 28.0 Å². The van der Waals surface area contributed by atoms with Gasteiger partial charge in [0.2, 0.25) is 0 Å². The third kappa shape index (κ3) is 4.42. The number of methoxy groups -OCH3 is 2. The van der Waals surface area contributed by atoms with E-state index in [2.05, 4.69) is 23.1 Å². The van der Waals surface area contributed by atoms with Gasteiger partial charge in [-0.15, -0.1) is 0 Å². The Bertz CT molecular complexity index is 803. The Balaban J connectivity index is 1.48. The average molecular weight is 372 g/mol. The van der Waals surface area contributed by atoms with Crippen LogP contribution in [0, 0.1) is 0 Å². The van der Waals surface area contributed by atoms with Gasteiger partial charge in [0.25, 0.3) is 5.91 Å². The van der Waals surface area contributed by atoms with Crippen molar-refractivity contribution in [2.24, 2.45) is 7.05 Å². The minimum absolute atomic E-state index is 0.0714. The molecule has 0 unspecified atom stereocenters. The molecule has 27 heavy (non-hydrogen) atoms. The first-order chi connectivity index (χ1) is 13.0. The lowest BCUT2D eigenvalue weighted by molar-refractivity contribution is 0.0772. The number of hydrogen-bond donors (Lipinski definition) is 0. The summed E-state index contributed by atoms with van der Waals surface area (Å²) in [6.07, 6.45) is 5.75. The number of hydrogen-bond acceptors (Lipinski definition) is 5. The fourth-order valence-electron chi connectivity index (χ4n) is 3.42. The van der Waals surface area contributed by atoms with E-state index in [0.717, 1.165) is 49.3 Å². The van der Waals surface area contributed by atoms with E-state index in [1.54, 1.807) is 20.3 Å². The molecule has 7 nitrogen and oxygen atoms in total. The van der Waals surface area contributed by atoms with Crippen LogP contribution in [0.5, 0.6) is 11.5 Å². The molecule has 1 aromatic carbocycles. The van der Waals surface area contributed by atoms with Gasteiger partial charge in [0.15, 0.2) is 11.5 Å². The Labute approximate surface area is 160 Å². The molecular formula is C20H28N4O3. The van der Waals surface area contributed by atoms with Crippen LogP contribution in [0.2, 0.25) is 0 Å². The van der Waals surface area contributed by atoms with Crippen LogP contribution in [0.4, 0.5) is 0 Å². The van der Waals surface area contributed by atoms with Gasteiger partial charge in [-0.25, -0.2) is 4.98 Å². The molecule has 0 saturated carbocycles. The van der Waals surface area contributed by atoms with Crippen molar-refractivity contribution in [3.63, 3.8) is 0 Å². The van der Waals surface area contributed by atoms with E-state index in [1.807, 2.05) is 28.9 Å². The molecule has 2 aromatic rings. The molecule has 1 aromatic heterocycles. The number of nitrogens with zero attached hydrogens (tertiary/aromatic N) is 4. The summed E-state index contributed by atoms with van der Waals surface area (Å²) in [5.74, 6) is 1.34. The standard InChI is InChI=1S/C20H28N4O3/c1-22(9-6-16-13-23(2)14-21-16)7-5-8-24-12-15-10-18(26-3)19(27-4)11-17(15)20(24)25/h10-11,13-14H,5-9,12H2,1-4H3. The molecule has 0 fully saturated rings. The van der Waals surface area contributed by atoms with Crippen molar-refractivity contribution in [1.82, 2.24) is 19.4 Å². The van der Waals surface area contributed by atoms with E-state index in [-0.39, 0.29) is 5.91 Å². The van der Waals surface area contributed by atoms with E-state index in [4.69, 9.17) is 9.47 Å². The van der Waals surface area contributed by atoms with Gasteiger partial charge in [-0.2, -0.15) is 0 Å². The first-order valence-corrected chi connectivity index (χ1v) is 9.21. The van der Waals surface area contributed by atoms with Crippen LogP contribution >= 0.6 is 0 Å². The second-order valence-corrected chi connectivity index (χ2v) is 7.03. The van der Waals surface area contributed by atoms with Crippen molar-refractivity contribution in [3.8, 4) is 11.5 Å². The van der Waals surface area contributed by atoms with Crippen LogP contribution in [0.15, 0.2) is 24.7 Å². The first-order valence-electron chi connectivity index (χ1n) is 9.21. The molecule has 0 radical (unpaired) electrons. The second-order valence-electron chi connectivity index (χ2n) is 7.03. The number of amides is 1.